The van der Waals surface area contributed by atoms with Crippen molar-refractivity contribution in [2.45, 2.75) is 19.5 Å². The molecule has 0 aliphatic rings. The highest BCUT2D eigenvalue weighted by Crippen LogP contribution is 2.32. The number of ketones is 1. The minimum absolute atomic E-state index is 0. The second-order valence-electron chi connectivity index (χ2n) is 7.85. The Hall–Kier alpha value is -3.64. The van der Waals surface area contributed by atoms with E-state index in [0.29, 0.717) is 5.56 Å². The number of nitrogens with zero attached hydrogens (tertiary/aromatic N) is 2. The van der Waals surface area contributed by atoms with Crippen molar-refractivity contribution >= 4 is 16.8 Å². The first kappa shape index (κ1) is 22.6. The number of carbonyl (C=O) groups is 1. The standard InChI is InChI=1S/C27H22N2O3.BrH/c1-19-28(18-24(31)20-11-13-23(30)14-12-20)15-16-29(19)27(21-7-3-2-4-8-21)26-17-22-9-5-6-10-25(22)32-26;/h2-17,27H,18H2,1H3;1H. The van der Waals surface area contributed by atoms with Crippen LogP contribution in [0.5, 0.6) is 5.75 Å². The van der Waals surface area contributed by atoms with Crippen molar-refractivity contribution in [1.29, 1.82) is 0 Å². The molecule has 0 radical (unpaired) electrons. The first-order valence-electron chi connectivity index (χ1n) is 10.5. The van der Waals surface area contributed by atoms with Gasteiger partial charge >= 0.3 is 0 Å². The van der Waals surface area contributed by atoms with Crippen LogP contribution in [-0.2, 0) is 6.54 Å². The van der Waals surface area contributed by atoms with Gasteiger partial charge in [-0.05, 0) is 36.4 Å². The summed E-state index contributed by atoms with van der Waals surface area (Å²) in [4.78, 5) is 12.8. The fraction of sp³-hybridized carbons (Fsp3) is 0.111. The molecule has 0 fully saturated rings. The molecule has 3 aromatic carbocycles. The van der Waals surface area contributed by atoms with E-state index in [1.807, 2.05) is 66.3 Å². The van der Waals surface area contributed by atoms with Crippen molar-refractivity contribution in [1.82, 2.24) is 4.57 Å². The van der Waals surface area contributed by atoms with Crippen LogP contribution in [0.15, 0.2) is 102 Å². The number of phenols is 1. The van der Waals surface area contributed by atoms with E-state index < -0.39 is 0 Å². The number of benzene rings is 3. The monoisotopic (exact) mass is 502 g/mol. The average molecular weight is 503 g/mol. The molecule has 2 aromatic heterocycles. The van der Waals surface area contributed by atoms with Crippen LogP contribution >= 0.6 is 0 Å². The fourth-order valence-electron chi connectivity index (χ4n) is 4.08. The summed E-state index contributed by atoms with van der Waals surface area (Å²) in [6, 6.07) is 26.5. The maximum absolute atomic E-state index is 12.8. The van der Waals surface area contributed by atoms with Gasteiger partial charge in [0.05, 0.1) is 0 Å². The van der Waals surface area contributed by atoms with Gasteiger partial charge in [-0.15, -0.1) is 0 Å². The van der Waals surface area contributed by atoms with Gasteiger partial charge in [0, 0.05) is 23.4 Å². The highest BCUT2D eigenvalue weighted by Gasteiger charge is 2.29. The minimum atomic E-state index is -0.159. The van der Waals surface area contributed by atoms with Gasteiger partial charge < -0.3 is 26.5 Å². The number of hydrogen-bond donors (Lipinski definition) is 1. The number of imidazole rings is 1. The van der Waals surface area contributed by atoms with Gasteiger partial charge in [0.1, 0.15) is 23.7 Å². The molecular formula is C27H23BrN2O3. The summed E-state index contributed by atoms with van der Waals surface area (Å²) in [5.41, 5.74) is 2.52. The first-order chi connectivity index (χ1) is 15.6. The zero-order valence-electron chi connectivity index (χ0n) is 18.1. The van der Waals surface area contributed by atoms with E-state index in [1.54, 1.807) is 12.1 Å². The van der Waals surface area contributed by atoms with Crippen LogP contribution in [0.4, 0.5) is 0 Å². The number of aromatic hydroxyl groups is 1. The van der Waals surface area contributed by atoms with Gasteiger partial charge in [-0.1, -0.05) is 48.5 Å². The molecule has 6 heteroatoms. The maximum Gasteiger partial charge on any atom is 0.254 e. The Kier molecular flexibility index (Phi) is 6.47. The van der Waals surface area contributed by atoms with Crippen molar-refractivity contribution in [2.75, 3.05) is 0 Å². The maximum atomic E-state index is 12.8. The normalized spacial score (nSPS) is 11.8. The van der Waals surface area contributed by atoms with Crippen molar-refractivity contribution < 1.29 is 35.9 Å². The summed E-state index contributed by atoms with van der Waals surface area (Å²) in [6.07, 6.45) is 3.91. The van der Waals surface area contributed by atoms with E-state index in [1.165, 1.54) is 12.1 Å². The van der Waals surface area contributed by atoms with Crippen LogP contribution < -0.4 is 21.5 Å². The van der Waals surface area contributed by atoms with Gasteiger partial charge in [-0.25, -0.2) is 9.13 Å². The lowest BCUT2D eigenvalue weighted by atomic mass is 10.0. The lowest BCUT2D eigenvalue weighted by molar-refractivity contribution is -0.688. The summed E-state index contributed by atoms with van der Waals surface area (Å²) in [6.45, 7) is 2.22. The lowest BCUT2D eigenvalue weighted by Crippen LogP contribution is -3.00. The molecule has 2 heterocycles. The molecule has 0 aliphatic heterocycles. The molecule has 166 valence electrons. The number of carbonyl (C=O) groups excluding carboxylic acids is 1. The predicted molar refractivity (Wildman–Crippen MR) is 122 cm³/mol. The molecule has 1 atom stereocenters. The number of para-hydroxylation sites is 1. The van der Waals surface area contributed by atoms with Crippen LogP contribution in [-0.4, -0.2) is 15.5 Å². The van der Waals surface area contributed by atoms with E-state index in [2.05, 4.69) is 22.8 Å². The third-order valence-corrected chi connectivity index (χ3v) is 5.81. The molecule has 0 saturated heterocycles. The van der Waals surface area contributed by atoms with Crippen molar-refractivity contribution in [2.24, 2.45) is 0 Å². The van der Waals surface area contributed by atoms with Crippen molar-refractivity contribution in [3.05, 3.63) is 120 Å². The molecule has 1 unspecified atom stereocenters. The minimum Gasteiger partial charge on any atom is -1.00 e. The van der Waals surface area contributed by atoms with Gasteiger partial charge in [0.25, 0.3) is 5.82 Å². The number of phenolic OH excluding ortho intramolecular Hbond substituents is 1. The second-order valence-corrected chi connectivity index (χ2v) is 7.85. The largest absolute Gasteiger partial charge is 1.00 e. The Morgan fingerprint density at radius 3 is 2.42 bits per heavy atom. The number of fused-ring (bicyclic) bond motifs is 1. The Labute approximate surface area is 202 Å². The van der Waals surface area contributed by atoms with Crippen LogP contribution in [0.3, 0.4) is 0 Å². The van der Waals surface area contributed by atoms with Crippen LogP contribution in [0.2, 0.25) is 0 Å². The molecule has 0 bridgehead atoms. The smallest absolute Gasteiger partial charge is 0.254 e. The summed E-state index contributed by atoms with van der Waals surface area (Å²) in [7, 11) is 0. The van der Waals surface area contributed by atoms with Crippen LogP contribution in [0.1, 0.15) is 33.5 Å². The molecule has 5 rings (SSSR count). The number of Topliss-reactive ketones (excluding diaryl/α,β-unsaturated/α-hetero) is 1. The molecular weight excluding hydrogens is 480 g/mol. The van der Waals surface area contributed by atoms with Crippen LogP contribution in [0.25, 0.3) is 11.0 Å². The quantitative estimate of drug-likeness (QED) is 0.285. The van der Waals surface area contributed by atoms with E-state index in [-0.39, 0.29) is 41.1 Å². The fourth-order valence-corrected chi connectivity index (χ4v) is 4.08. The van der Waals surface area contributed by atoms with E-state index in [4.69, 9.17) is 4.42 Å². The van der Waals surface area contributed by atoms with E-state index in [0.717, 1.165) is 28.1 Å². The van der Waals surface area contributed by atoms with Gasteiger partial charge in [0.15, 0.2) is 18.3 Å². The Balaban J connectivity index is 0.00000259. The molecule has 5 nitrogen and oxygen atoms in total. The highest BCUT2D eigenvalue weighted by molar-refractivity contribution is 5.95. The summed E-state index contributed by atoms with van der Waals surface area (Å²) in [5, 5.41) is 10.5. The Bertz CT molecular complexity index is 1360. The zero-order chi connectivity index (χ0) is 22.1. The summed E-state index contributed by atoms with van der Waals surface area (Å²) in [5.74, 6) is 1.91. The van der Waals surface area contributed by atoms with Gasteiger partial charge in [-0.2, -0.15) is 0 Å². The number of aromatic nitrogens is 2. The third kappa shape index (κ3) is 4.47. The number of rotatable bonds is 6. The van der Waals surface area contributed by atoms with Crippen molar-refractivity contribution in [3.63, 3.8) is 0 Å². The Morgan fingerprint density at radius 1 is 1.00 bits per heavy atom. The molecule has 33 heavy (non-hydrogen) atoms. The number of furan rings is 1. The molecule has 0 aliphatic carbocycles. The predicted octanol–water partition coefficient (Wildman–Crippen LogP) is 2.06. The molecule has 0 amide bonds. The van der Waals surface area contributed by atoms with E-state index in [9.17, 15) is 9.90 Å². The molecule has 0 spiro atoms. The Morgan fingerprint density at radius 2 is 1.70 bits per heavy atom. The average Bonchev–Trinajstić information content (AvgIpc) is 3.39. The number of hydrogen-bond acceptors (Lipinski definition) is 3. The SMILES string of the molecule is Cc1n(C(c2ccccc2)c2cc3ccccc3o2)cc[n+]1CC(=O)c1ccc(O)cc1.[Br-]. The van der Waals surface area contributed by atoms with Crippen LogP contribution in [0, 0.1) is 6.92 Å². The third-order valence-electron chi connectivity index (χ3n) is 5.81. The summed E-state index contributed by atoms with van der Waals surface area (Å²) < 4.78 is 10.3. The highest BCUT2D eigenvalue weighted by atomic mass is 79.9. The van der Waals surface area contributed by atoms with Crippen molar-refractivity contribution in [3.8, 4) is 5.75 Å². The lowest BCUT2D eigenvalue weighted by Gasteiger charge is -2.13. The molecule has 1 N–H and O–H groups in total. The second kappa shape index (κ2) is 9.46. The number of halogens is 1. The zero-order valence-corrected chi connectivity index (χ0v) is 19.6. The van der Waals surface area contributed by atoms with Gasteiger partial charge in [0.2, 0.25) is 5.78 Å². The molecule has 0 saturated carbocycles. The topological polar surface area (TPSA) is 59.2 Å². The van der Waals surface area contributed by atoms with Gasteiger partial charge in [-0.3, -0.25) is 4.79 Å². The first-order valence-corrected chi connectivity index (χ1v) is 10.5. The van der Waals surface area contributed by atoms with E-state index >= 15 is 0 Å². The molecule has 5 aromatic rings. The summed E-state index contributed by atoms with van der Waals surface area (Å²) >= 11 is 0.